The smallest absolute Gasteiger partial charge is 0.220 e. The second-order valence-electron chi connectivity index (χ2n) is 17.6. The molecule has 7 unspecified atom stereocenters. The van der Waals surface area contributed by atoms with E-state index in [4.69, 9.17) is 9.47 Å². The summed E-state index contributed by atoms with van der Waals surface area (Å²) in [6, 6.07) is -0.798. The number of rotatable bonds is 42. The minimum Gasteiger partial charge on any atom is -0.394 e. The Morgan fingerprint density at radius 1 is 0.567 bits per heavy atom. The number of nitrogens with one attached hydrogen (secondary N) is 1. The van der Waals surface area contributed by atoms with Crippen LogP contribution in [-0.4, -0.2) is 87.5 Å². The first-order valence-corrected chi connectivity index (χ1v) is 25.2. The van der Waals surface area contributed by atoms with Gasteiger partial charge in [-0.25, -0.2) is 0 Å². The van der Waals surface area contributed by atoms with Crippen LogP contribution in [0.1, 0.15) is 226 Å². The quantitative estimate of drug-likeness (QED) is 0.0263. The van der Waals surface area contributed by atoms with Gasteiger partial charge in [-0.3, -0.25) is 4.79 Å². The third-order valence-corrected chi connectivity index (χ3v) is 12.0. The lowest BCUT2D eigenvalue weighted by Crippen LogP contribution is -2.60. The fourth-order valence-corrected chi connectivity index (χ4v) is 7.88. The van der Waals surface area contributed by atoms with Gasteiger partial charge >= 0.3 is 0 Å². The summed E-state index contributed by atoms with van der Waals surface area (Å²) >= 11 is 0. The van der Waals surface area contributed by atoms with Crippen LogP contribution in [0.25, 0.3) is 0 Å². The molecule has 1 aliphatic heterocycles. The van der Waals surface area contributed by atoms with Crippen LogP contribution in [0.2, 0.25) is 0 Å². The van der Waals surface area contributed by atoms with Crippen molar-refractivity contribution in [2.45, 2.75) is 269 Å². The Labute approximate surface area is 368 Å². The van der Waals surface area contributed by atoms with E-state index in [1.165, 1.54) is 161 Å². The van der Waals surface area contributed by atoms with E-state index in [0.29, 0.717) is 6.42 Å². The minimum atomic E-state index is -1.56. The summed E-state index contributed by atoms with van der Waals surface area (Å²) in [6.07, 6.45) is 45.9. The summed E-state index contributed by atoms with van der Waals surface area (Å²) in [5.41, 5.74) is 0. The van der Waals surface area contributed by atoms with Crippen LogP contribution >= 0.6 is 0 Å². The third-order valence-electron chi connectivity index (χ3n) is 12.0. The number of carbonyl (C=O) groups is 1. The lowest BCUT2D eigenvalue weighted by atomic mass is 9.99. The molecule has 1 rings (SSSR count). The van der Waals surface area contributed by atoms with Gasteiger partial charge in [-0.1, -0.05) is 211 Å². The van der Waals surface area contributed by atoms with Crippen molar-refractivity contribution in [2.24, 2.45) is 0 Å². The predicted molar refractivity (Wildman–Crippen MR) is 249 cm³/mol. The van der Waals surface area contributed by atoms with Gasteiger partial charge in [0.05, 0.1) is 25.4 Å². The van der Waals surface area contributed by atoms with Crippen molar-refractivity contribution in [3.05, 3.63) is 36.5 Å². The number of unbranched alkanes of at least 4 members (excludes halogenated alkanes) is 28. The van der Waals surface area contributed by atoms with Crippen molar-refractivity contribution in [2.75, 3.05) is 13.2 Å². The number of allylic oxidation sites excluding steroid dienone is 5. The van der Waals surface area contributed by atoms with Crippen LogP contribution in [0.4, 0.5) is 0 Å². The van der Waals surface area contributed by atoms with Crippen LogP contribution in [0, 0.1) is 0 Å². The van der Waals surface area contributed by atoms with E-state index >= 15 is 0 Å². The standard InChI is InChI=1S/C51H95NO8/c1-3-5-7-9-10-11-12-13-14-15-16-17-18-19-20-21-22-23-24-25-26-27-28-29-30-31-32-33-34-35-36-37-39-41-47(55)52-44(45(54)40-38-8-6-4-2)43-59-51-50(58)49(57)48(56)46(42-53)60-51/h12-13,15-16,38,40,44-46,48-51,53-54,56-58H,3-11,14,17-37,39,41-43H2,1-2H3,(H,52,55)/b13-12-,16-15-,40-38+. The maximum Gasteiger partial charge on any atom is 0.220 e. The van der Waals surface area contributed by atoms with Gasteiger partial charge in [0.25, 0.3) is 0 Å². The van der Waals surface area contributed by atoms with Crippen molar-refractivity contribution in [1.82, 2.24) is 5.32 Å². The monoisotopic (exact) mass is 850 g/mol. The molecule has 1 saturated heterocycles. The van der Waals surface area contributed by atoms with Crippen molar-refractivity contribution in [3.8, 4) is 0 Å². The largest absolute Gasteiger partial charge is 0.394 e. The van der Waals surface area contributed by atoms with E-state index < -0.39 is 49.5 Å². The summed E-state index contributed by atoms with van der Waals surface area (Å²) in [6.45, 7) is 3.61. The van der Waals surface area contributed by atoms with Gasteiger partial charge < -0.3 is 40.3 Å². The number of ether oxygens (including phenoxy) is 2. The molecule has 7 atom stereocenters. The molecule has 0 radical (unpaired) electrons. The van der Waals surface area contributed by atoms with Crippen molar-refractivity contribution >= 4 is 5.91 Å². The molecular weight excluding hydrogens is 755 g/mol. The van der Waals surface area contributed by atoms with Crippen LogP contribution in [0.3, 0.4) is 0 Å². The number of aliphatic hydroxyl groups excluding tert-OH is 5. The Morgan fingerprint density at radius 2 is 1.00 bits per heavy atom. The van der Waals surface area contributed by atoms with E-state index in [9.17, 15) is 30.3 Å². The molecule has 0 aromatic carbocycles. The zero-order valence-corrected chi connectivity index (χ0v) is 38.7. The maximum absolute atomic E-state index is 12.8. The summed E-state index contributed by atoms with van der Waals surface area (Å²) in [5, 5.41) is 53.6. The van der Waals surface area contributed by atoms with Gasteiger partial charge in [0.2, 0.25) is 5.91 Å². The molecule has 1 amide bonds. The molecule has 0 spiro atoms. The molecule has 9 heteroatoms. The molecule has 1 aliphatic rings. The summed E-state index contributed by atoms with van der Waals surface area (Å²) in [5.74, 6) is -0.184. The van der Waals surface area contributed by atoms with Gasteiger partial charge in [0, 0.05) is 6.42 Å². The lowest BCUT2D eigenvalue weighted by Gasteiger charge is -2.40. The summed E-state index contributed by atoms with van der Waals surface area (Å²) in [7, 11) is 0. The van der Waals surface area contributed by atoms with Gasteiger partial charge in [0.15, 0.2) is 6.29 Å². The van der Waals surface area contributed by atoms with Crippen LogP contribution < -0.4 is 5.32 Å². The highest BCUT2D eigenvalue weighted by atomic mass is 16.7. The third kappa shape index (κ3) is 31.3. The molecule has 352 valence electrons. The first-order chi connectivity index (χ1) is 29.3. The molecular formula is C51H95NO8. The molecule has 1 heterocycles. The van der Waals surface area contributed by atoms with E-state index in [1.807, 2.05) is 6.08 Å². The molecule has 6 N–H and O–H groups in total. The van der Waals surface area contributed by atoms with Crippen LogP contribution in [-0.2, 0) is 14.3 Å². The Morgan fingerprint density at radius 3 is 1.47 bits per heavy atom. The van der Waals surface area contributed by atoms with Gasteiger partial charge in [0.1, 0.15) is 24.4 Å². The molecule has 0 aliphatic carbocycles. The van der Waals surface area contributed by atoms with Gasteiger partial charge in [-0.15, -0.1) is 0 Å². The number of carbonyl (C=O) groups excluding carboxylic acids is 1. The highest BCUT2D eigenvalue weighted by molar-refractivity contribution is 5.76. The Balaban J connectivity index is 1.98. The molecule has 0 saturated carbocycles. The highest BCUT2D eigenvalue weighted by Crippen LogP contribution is 2.23. The second kappa shape index (κ2) is 41.4. The lowest BCUT2D eigenvalue weighted by molar-refractivity contribution is -0.302. The Kier molecular flexibility index (Phi) is 39.0. The SMILES string of the molecule is CCCC/C=C/C(O)C(COC1OC(CO)C(O)C(O)C1O)NC(=O)CCCCCCCCCCCCCCCCCCCCCCC/C=C\C/C=C\CCCCCCC. The van der Waals surface area contributed by atoms with Crippen molar-refractivity contribution in [1.29, 1.82) is 0 Å². The highest BCUT2D eigenvalue weighted by Gasteiger charge is 2.44. The molecule has 60 heavy (non-hydrogen) atoms. The first-order valence-electron chi connectivity index (χ1n) is 25.2. The zero-order chi connectivity index (χ0) is 43.7. The molecule has 0 aromatic heterocycles. The fraction of sp³-hybridized carbons (Fsp3) is 0.863. The Bertz CT molecular complexity index is 1030. The normalized spacial score (nSPS) is 20.8. The van der Waals surface area contributed by atoms with Gasteiger partial charge in [-0.05, 0) is 44.9 Å². The molecule has 0 aromatic rings. The second-order valence-corrected chi connectivity index (χ2v) is 17.6. The van der Waals surface area contributed by atoms with Crippen molar-refractivity contribution < 1.29 is 39.8 Å². The van der Waals surface area contributed by atoms with E-state index in [0.717, 1.165) is 44.9 Å². The number of hydrogen-bond donors (Lipinski definition) is 6. The van der Waals surface area contributed by atoms with Gasteiger partial charge in [-0.2, -0.15) is 0 Å². The maximum atomic E-state index is 12.8. The number of hydrogen-bond acceptors (Lipinski definition) is 8. The Hall–Kier alpha value is -1.59. The minimum absolute atomic E-state index is 0.184. The van der Waals surface area contributed by atoms with E-state index in [1.54, 1.807) is 6.08 Å². The first kappa shape index (κ1) is 56.4. The zero-order valence-electron chi connectivity index (χ0n) is 38.7. The molecule has 1 fully saturated rings. The number of aliphatic hydroxyl groups is 5. The summed E-state index contributed by atoms with van der Waals surface area (Å²) < 4.78 is 11.1. The molecule has 9 nitrogen and oxygen atoms in total. The van der Waals surface area contributed by atoms with E-state index in [2.05, 4.69) is 43.5 Å². The average molecular weight is 850 g/mol. The van der Waals surface area contributed by atoms with E-state index in [-0.39, 0.29) is 12.5 Å². The summed E-state index contributed by atoms with van der Waals surface area (Å²) in [4.78, 5) is 12.8. The molecule has 0 bridgehead atoms. The van der Waals surface area contributed by atoms with Crippen molar-refractivity contribution in [3.63, 3.8) is 0 Å². The fourth-order valence-electron chi connectivity index (χ4n) is 7.88. The van der Waals surface area contributed by atoms with Crippen LogP contribution in [0.5, 0.6) is 0 Å². The van der Waals surface area contributed by atoms with Crippen LogP contribution in [0.15, 0.2) is 36.5 Å². The average Bonchev–Trinajstić information content (AvgIpc) is 3.25. The topological polar surface area (TPSA) is 149 Å². The number of amides is 1. The predicted octanol–water partition coefficient (Wildman–Crippen LogP) is 11.2.